The molecule has 1 aromatic carbocycles. The third kappa shape index (κ3) is 2.78. The Morgan fingerprint density at radius 1 is 1.23 bits per heavy atom. The number of nitrogens with one attached hydrogen (secondary N) is 1. The van der Waals surface area contributed by atoms with Crippen LogP contribution < -0.4 is 9.47 Å². The van der Waals surface area contributed by atoms with E-state index in [4.69, 9.17) is 9.47 Å². The molecule has 0 atom stereocenters. The number of benzene rings is 1. The van der Waals surface area contributed by atoms with Crippen molar-refractivity contribution in [3.8, 4) is 11.6 Å². The Balaban J connectivity index is 2.04. The van der Waals surface area contributed by atoms with E-state index in [0.717, 1.165) is 33.2 Å². The predicted octanol–water partition coefficient (Wildman–Crippen LogP) is 3.72. The van der Waals surface area contributed by atoms with Gasteiger partial charge in [-0.2, -0.15) is 0 Å². The van der Waals surface area contributed by atoms with Crippen LogP contribution in [0.4, 0.5) is 0 Å². The molecule has 22 heavy (non-hydrogen) atoms. The van der Waals surface area contributed by atoms with Crippen molar-refractivity contribution in [2.45, 2.75) is 13.3 Å². The van der Waals surface area contributed by atoms with Gasteiger partial charge in [0, 0.05) is 10.7 Å². The Morgan fingerprint density at radius 2 is 2.00 bits per heavy atom. The molecular formula is C16H16BrN3O2. The number of H-pyrrole nitrogens is 1. The average molecular weight is 362 g/mol. The molecule has 0 radical (unpaired) electrons. The number of hydrogen-bond acceptors (Lipinski definition) is 4. The Labute approximate surface area is 136 Å². The fraction of sp³-hybridized carbons (Fsp3) is 0.250. The molecule has 0 aliphatic rings. The molecular weight excluding hydrogens is 346 g/mol. The summed E-state index contributed by atoms with van der Waals surface area (Å²) in [6.45, 7) is 2.50. The molecule has 0 fully saturated rings. The van der Waals surface area contributed by atoms with Gasteiger partial charge in [0.2, 0.25) is 5.88 Å². The first-order chi connectivity index (χ1) is 10.7. The minimum absolute atomic E-state index is 0.564. The molecule has 0 unspecified atom stereocenters. The highest BCUT2D eigenvalue weighted by Gasteiger charge is 2.16. The smallest absolute Gasteiger partial charge is 0.242 e. The molecule has 1 N–H and O–H groups in total. The van der Waals surface area contributed by atoms with Gasteiger partial charge in [-0.15, -0.1) is 5.10 Å². The van der Waals surface area contributed by atoms with Crippen molar-refractivity contribution in [1.29, 1.82) is 0 Å². The zero-order valence-corrected chi connectivity index (χ0v) is 14.0. The number of nitrogens with zero attached hydrogens (tertiary/aromatic N) is 2. The normalized spacial score (nSPS) is 10.9. The van der Waals surface area contributed by atoms with E-state index >= 15 is 0 Å². The summed E-state index contributed by atoms with van der Waals surface area (Å²) in [6, 6.07) is 8.02. The van der Waals surface area contributed by atoms with E-state index in [-0.39, 0.29) is 0 Å². The second-order valence-corrected chi connectivity index (χ2v) is 5.65. The van der Waals surface area contributed by atoms with Crippen LogP contribution in [-0.2, 0) is 6.42 Å². The monoisotopic (exact) mass is 361 g/mol. The first kappa shape index (κ1) is 14.8. The van der Waals surface area contributed by atoms with Crippen LogP contribution in [0.5, 0.6) is 11.6 Å². The van der Waals surface area contributed by atoms with E-state index < -0.39 is 0 Å². The van der Waals surface area contributed by atoms with Crippen LogP contribution in [-0.4, -0.2) is 28.9 Å². The molecule has 0 aliphatic carbocycles. The number of aromatic nitrogens is 3. The number of pyridine rings is 1. The van der Waals surface area contributed by atoms with Gasteiger partial charge >= 0.3 is 0 Å². The van der Waals surface area contributed by atoms with E-state index in [0.29, 0.717) is 12.5 Å². The SMILES string of the molecule is CCOc1n[nH]c2ncc(Br)c(Cc3ccc(OC)cc3)c12. The lowest BCUT2D eigenvalue weighted by molar-refractivity contribution is 0.329. The van der Waals surface area contributed by atoms with Crippen molar-refractivity contribution < 1.29 is 9.47 Å². The second kappa shape index (κ2) is 6.36. The lowest BCUT2D eigenvalue weighted by atomic mass is 10.0. The van der Waals surface area contributed by atoms with Gasteiger partial charge in [0.15, 0.2) is 5.65 Å². The first-order valence-electron chi connectivity index (χ1n) is 7.00. The fourth-order valence-electron chi connectivity index (χ4n) is 2.36. The van der Waals surface area contributed by atoms with Gasteiger partial charge in [0.05, 0.1) is 19.1 Å². The van der Waals surface area contributed by atoms with E-state index in [1.807, 2.05) is 19.1 Å². The highest BCUT2D eigenvalue weighted by atomic mass is 79.9. The molecule has 0 spiro atoms. The van der Waals surface area contributed by atoms with Crippen LogP contribution in [0, 0.1) is 0 Å². The van der Waals surface area contributed by atoms with Gasteiger partial charge < -0.3 is 9.47 Å². The standard InChI is InChI=1S/C16H16BrN3O2/c1-3-22-16-14-12(13(17)9-18-15(14)19-20-16)8-10-4-6-11(21-2)7-5-10/h4-7,9H,3,8H2,1-2H3,(H,18,19,20). The first-order valence-corrected chi connectivity index (χ1v) is 7.79. The number of aromatic amines is 1. The fourth-order valence-corrected chi connectivity index (χ4v) is 2.80. The van der Waals surface area contributed by atoms with Gasteiger partial charge in [0.25, 0.3) is 0 Å². The minimum atomic E-state index is 0.564. The molecule has 5 nitrogen and oxygen atoms in total. The Bertz CT molecular complexity index is 784. The van der Waals surface area contributed by atoms with Gasteiger partial charge in [0.1, 0.15) is 5.75 Å². The largest absolute Gasteiger partial charge is 0.497 e. The van der Waals surface area contributed by atoms with Crippen molar-refractivity contribution in [3.63, 3.8) is 0 Å². The quantitative estimate of drug-likeness (QED) is 0.752. The molecule has 3 aromatic rings. The van der Waals surface area contributed by atoms with Crippen molar-refractivity contribution in [3.05, 3.63) is 46.1 Å². The number of ether oxygens (including phenoxy) is 2. The molecule has 114 valence electrons. The highest BCUT2D eigenvalue weighted by molar-refractivity contribution is 9.10. The number of fused-ring (bicyclic) bond motifs is 1. The number of rotatable bonds is 5. The molecule has 0 saturated heterocycles. The summed E-state index contributed by atoms with van der Waals surface area (Å²) >= 11 is 3.59. The Kier molecular flexibility index (Phi) is 4.29. The summed E-state index contributed by atoms with van der Waals surface area (Å²) in [5, 5.41) is 8.05. The number of halogens is 1. The van der Waals surface area contributed by atoms with Crippen LogP contribution in [0.1, 0.15) is 18.1 Å². The lowest BCUT2D eigenvalue weighted by Crippen LogP contribution is -1.96. The second-order valence-electron chi connectivity index (χ2n) is 4.79. The van der Waals surface area contributed by atoms with E-state index in [1.54, 1.807) is 13.3 Å². The number of methoxy groups -OCH3 is 1. The van der Waals surface area contributed by atoms with E-state index in [1.165, 1.54) is 5.56 Å². The van der Waals surface area contributed by atoms with Crippen molar-refractivity contribution in [2.24, 2.45) is 0 Å². The molecule has 6 heteroatoms. The molecule has 0 bridgehead atoms. The third-order valence-corrected chi connectivity index (χ3v) is 4.12. The zero-order valence-electron chi connectivity index (χ0n) is 12.4. The molecule has 2 aromatic heterocycles. The van der Waals surface area contributed by atoms with Crippen molar-refractivity contribution >= 4 is 27.0 Å². The Hall–Kier alpha value is -2.08. The minimum Gasteiger partial charge on any atom is -0.497 e. The maximum Gasteiger partial charge on any atom is 0.242 e. The topological polar surface area (TPSA) is 60.0 Å². The van der Waals surface area contributed by atoms with Crippen LogP contribution in [0.2, 0.25) is 0 Å². The summed E-state index contributed by atoms with van der Waals surface area (Å²) in [4.78, 5) is 4.35. The van der Waals surface area contributed by atoms with E-state index in [2.05, 4.69) is 43.2 Å². The summed E-state index contributed by atoms with van der Waals surface area (Å²) in [5.41, 5.74) is 3.01. The van der Waals surface area contributed by atoms with Crippen LogP contribution in [0.3, 0.4) is 0 Å². The summed E-state index contributed by atoms with van der Waals surface area (Å²) < 4.78 is 11.7. The van der Waals surface area contributed by atoms with Gasteiger partial charge in [-0.1, -0.05) is 12.1 Å². The molecule has 3 rings (SSSR count). The van der Waals surface area contributed by atoms with Crippen LogP contribution in [0.25, 0.3) is 11.0 Å². The number of hydrogen-bond donors (Lipinski definition) is 1. The van der Waals surface area contributed by atoms with Gasteiger partial charge in [-0.25, -0.2) is 4.98 Å². The lowest BCUT2D eigenvalue weighted by Gasteiger charge is -2.08. The van der Waals surface area contributed by atoms with Crippen molar-refractivity contribution in [2.75, 3.05) is 13.7 Å². The van der Waals surface area contributed by atoms with Crippen LogP contribution in [0.15, 0.2) is 34.9 Å². The molecule has 0 aliphatic heterocycles. The van der Waals surface area contributed by atoms with Crippen LogP contribution >= 0.6 is 15.9 Å². The highest BCUT2D eigenvalue weighted by Crippen LogP contribution is 2.32. The molecule has 2 heterocycles. The zero-order chi connectivity index (χ0) is 15.5. The van der Waals surface area contributed by atoms with Gasteiger partial charge in [-0.05, 0) is 52.5 Å². The van der Waals surface area contributed by atoms with Gasteiger partial charge in [-0.3, -0.25) is 5.10 Å². The maximum atomic E-state index is 5.61. The molecule has 0 saturated carbocycles. The average Bonchev–Trinajstić information content (AvgIpc) is 2.94. The summed E-state index contributed by atoms with van der Waals surface area (Å²) in [7, 11) is 1.66. The van der Waals surface area contributed by atoms with E-state index in [9.17, 15) is 0 Å². The summed E-state index contributed by atoms with van der Waals surface area (Å²) in [5.74, 6) is 1.44. The maximum absolute atomic E-state index is 5.61. The van der Waals surface area contributed by atoms with Crippen molar-refractivity contribution in [1.82, 2.24) is 15.2 Å². The Morgan fingerprint density at radius 3 is 2.68 bits per heavy atom. The predicted molar refractivity (Wildman–Crippen MR) is 88.6 cm³/mol. The third-order valence-electron chi connectivity index (χ3n) is 3.43. The summed E-state index contributed by atoms with van der Waals surface area (Å²) in [6.07, 6.45) is 2.54. The molecule has 0 amide bonds.